The number of halogens is 1. The normalized spacial score (nSPS) is 23.9. The predicted molar refractivity (Wildman–Crippen MR) is 120 cm³/mol. The van der Waals surface area contributed by atoms with E-state index in [1.165, 1.54) is 5.01 Å². The maximum absolute atomic E-state index is 13.0. The Hall–Kier alpha value is -2.17. The van der Waals surface area contributed by atoms with Gasteiger partial charge in [0.15, 0.2) is 9.84 Å². The van der Waals surface area contributed by atoms with Crippen molar-refractivity contribution < 1.29 is 22.7 Å². The zero-order chi connectivity index (χ0) is 22.9. The van der Waals surface area contributed by atoms with Gasteiger partial charge in [-0.05, 0) is 24.6 Å². The Kier molecular flexibility index (Phi) is 6.73. The van der Waals surface area contributed by atoms with Crippen LogP contribution in [0.3, 0.4) is 0 Å². The Bertz CT molecular complexity index is 1040. The molecule has 174 valence electrons. The lowest BCUT2D eigenvalue weighted by Crippen LogP contribution is -2.51. The molecule has 3 heterocycles. The third-order valence-electron chi connectivity index (χ3n) is 6.16. The van der Waals surface area contributed by atoms with Crippen molar-refractivity contribution >= 4 is 39.0 Å². The number of hydrogen-bond acceptors (Lipinski definition) is 7. The van der Waals surface area contributed by atoms with E-state index in [4.69, 9.17) is 16.3 Å². The van der Waals surface area contributed by atoms with Crippen LogP contribution < -0.4 is 4.74 Å². The van der Waals surface area contributed by atoms with Gasteiger partial charge in [-0.15, -0.1) is 0 Å². The predicted octanol–water partition coefficient (Wildman–Crippen LogP) is 1.16. The maximum Gasteiger partial charge on any atom is 0.270 e. The number of rotatable bonds is 5. The van der Waals surface area contributed by atoms with E-state index in [1.807, 2.05) is 12.1 Å². The second-order valence-electron chi connectivity index (χ2n) is 8.37. The van der Waals surface area contributed by atoms with Crippen molar-refractivity contribution in [2.75, 3.05) is 44.8 Å². The monoisotopic (exact) mass is 482 g/mol. The van der Waals surface area contributed by atoms with Crippen LogP contribution in [0.1, 0.15) is 24.8 Å². The van der Waals surface area contributed by atoms with Crippen LogP contribution in [0.2, 0.25) is 5.02 Å². The van der Waals surface area contributed by atoms with E-state index in [1.54, 1.807) is 18.1 Å². The van der Waals surface area contributed by atoms with Crippen LogP contribution in [-0.4, -0.2) is 91.6 Å². The number of hydrazone groups is 1. The van der Waals surface area contributed by atoms with Gasteiger partial charge in [0.2, 0.25) is 5.91 Å². The number of piperazine rings is 1. The van der Waals surface area contributed by atoms with Gasteiger partial charge in [0.1, 0.15) is 11.5 Å². The number of methoxy groups -OCH3 is 1. The number of carbonyl (C=O) groups is 2. The average molecular weight is 483 g/mol. The molecule has 2 fully saturated rings. The van der Waals surface area contributed by atoms with Gasteiger partial charge in [0, 0.05) is 56.2 Å². The Balaban J connectivity index is 1.37. The number of hydrogen-bond donors (Lipinski definition) is 0. The molecule has 32 heavy (non-hydrogen) atoms. The smallest absolute Gasteiger partial charge is 0.270 e. The Morgan fingerprint density at radius 3 is 2.62 bits per heavy atom. The molecule has 2 saturated heterocycles. The molecule has 1 unspecified atom stereocenters. The van der Waals surface area contributed by atoms with Crippen LogP contribution in [0.4, 0.5) is 0 Å². The largest absolute Gasteiger partial charge is 0.496 e. The lowest BCUT2D eigenvalue weighted by Gasteiger charge is -2.36. The van der Waals surface area contributed by atoms with Crippen LogP contribution in [0.15, 0.2) is 23.3 Å². The fourth-order valence-corrected chi connectivity index (χ4v) is 6.27. The first-order valence-corrected chi connectivity index (χ1v) is 12.9. The topological polar surface area (TPSA) is 99.6 Å². The van der Waals surface area contributed by atoms with Gasteiger partial charge < -0.3 is 9.64 Å². The van der Waals surface area contributed by atoms with Crippen LogP contribution >= 0.6 is 11.6 Å². The van der Waals surface area contributed by atoms with E-state index in [2.05, 4.69) is 10.0 Å². The van der Waals surface area contributed by atoms with E-state index >= 15 is 0 Å². The number of nitrogens with zero attached hydrogens (tertiary/aromatic N) is 4. The molecule has 0 radical (unpaired) electrons. The minimum atomic E-state index is -3.15. The van der Waals surface area contributed by atoms with E-state index in [-0.39, 0.29) is 36.2 Å². The third-order valence-corrected chi connectivity index (χ3v) is 8.14. The molecule has 1 atom stereocenters. The summed E-state index contributed by atoms with van der Waals surface area (Å²) in [6.45, 7) is 3.15. The number of ether oxygens (including phenoxy) is 1. The summed E-state index contributed by atoms with van der Waals surface area (Å²) >= 11 is 6.13. The highest BCUT2D eigenvalue weighted by Gasteiger charge is 2.38. The van der Waals surface area contributed by atoms with Crippen molar-refractivity contribution in [1.29, 1.82) is 0 Å². The van der Waals surface area contributed by atoms with Crippen LogP contribution in [0, 0.1) is 0 Å². The molecule has 4 rings (SSSR count). The lowest BCUT2D eigenvalue weighted by atomic mass is 10.1. The van der Waals surface area contributed by atoms with Gasteiger partial charge in [-0.1, -0.05) is 11.6 Å². The molecular weight excluding hydrogens is 456 g/mol. The molecule has 0 saturated carbocycles. The quantitative estimate of drug-likeness (QED) is 0.624. The number of benzene rings is 1. The summed E-state index contributed by atoms with van der Waals surface area (Å²) in [5.74, 6) is 0.352. The summed E-state index contributed by atoms with van der Waals surface area (Å²) in [7, 11) is -1.52. The lowest BCUT2D eigenvalue weighted by molar-refractivity contribution is -0.134. The summed E-state index contributed by atoms with van der Waals surface area (Å²) in [4.78, 5) is 29.3. The summed E-state index contributed by atoms with van der Waals surface area (Å²) in [6, 6.07) is 5.06. The molecule has 2 amide bonds. The van der Waals surface area contributed by atoms with E-state index < -0.39 is 15.9 Å². The van der Waals surface area contributed by atoms with Crippen LogP contribution in [-0.2, 0) is 26.0 Å². The highest BCUT2D eigenvalue weighted by molar-refractivity contribution is 7.91. The Labute approximate surface area is 192 Å². The maximum atomic E-state index is 13.0. The van der Waals surface area contributed by atoms with Crippen molar-refractivity contribution in [3.8, 4) is 5.75 Å². The summed E-state index contributed by atoms with van der Waals surface area (Å²) in [6.07, 6.45) is 0.827. The fourth-order valence-electron chi connectivity index (χ4n) is 4.38. The highest BCUT2D eigenvalue weighted by Crippen LogP contribution is 2.25. The summed E-state index contributed by atoms with van der Waals surface area (Å²) in [5.41, 5.74) is 1.33. The van der Waals surface area contributed by atoms with Gasteiger partial charge in [0.25, 0.3) is 5.91 Å². The first-order chi connectivity index (χ1) is 15.3. The molecule has 0 bridgehead atoms. The van der Waals surface area contributed by atoms with Gasteiger partial charge in [-0.2, -0.15) is 5.10 Å². The molecule has 9 nitrogen and oxygen atoms in total. The van der Waals surface area contributed by atoms with Gasteiger partial charge in [0.05, 0.1) is 24.7 Å². The number of carbonyl (C=O) groups excluding carboxylic acids is 2. The molecular formula is C21H27ClN4O5S. The molecule has 3 aliphatic rings. The van der Waals surface area contributed by atoms with Crippen molar-refractivity contribution in [3.63, 3.8) is 0 Å². The molecule has 1 aromatic rings. The molecule has 3 aliphatic heterocycles. The Morgan fingerprint density at radius 1 is 1.22 bits per heavy atom. The minimum absolute atomic E-state index is 0.0552. The number of sulfone groups is 1. The van der Waals surface area contributed by atoms with Crippen molar-refractivity contribution in [2.24, 2.45) is 5.10 Å². The Morgan fingerprint density at radius 2 is 1.97 bits per heavy atom. The van der Waals surface area contributed by atoms with Crippen molar-refractivity contribution in [2.45, 2.75) is 31.8 Å². The zero-order valence-corrected chi connectivity index (χ0v) is 19.6. The van der Waals surface area contributed by atoms with Gasteiger partial charge in [-0.25, -0.2) is 13.4 Å². The molecule has 0 spiro atoms. The SMILES string of the molecule is COc1ccc(Cl)cc1CN1CCN(C(=O)C2=NN(C3CCS(=O)(=O)C3)C(=O)CC2)CC1. The standard InChI is InChI=1S/C21H27ClN4O5S/c1-31-19-4-2-16(22)12-15(19)13-24-7-9-25(10-8-24)21(28)18-3-5-20(27)26(23-18)17-6-11-32(29,30)14-17/h2,4,12,17H,3,5-11,13-14H2,1H3. The first-order valence-electron chi connectivity index (χ1n) is 10.7. The second-order valence-corrected chi connectivity index (χ2v) is 11.0. The summed E-state index contributed by atoms with van der Waals surface area (Å²) in [5, 5.41) is 6.20. The third kappa shape index (κ3) is 5.07. The fraction of sp³-hybridized carbons (Fsp3) is 0.571. The van der Waals surface area contributed by atoms with Gasteiger partial charge in [-0.3, -0.25) is 14.5 Å². The minimum Gasteiger partial charge on any atom is -0.496 e. The van der Waals surface area contributed by atoms with E-state index in [0.717, 1.165) is 11.3 Å². The molecule has 0 N–H and O–H groups in total. The number of amides is 2. The second kappa shape index (κ2) is 9.36. The molecule has 1 aromatic carbocycles. The van der Waals surface area contributed by atoms with Crippen LogP contribution in [0.5, 0.6) is 5.75 Å². The molecule has 11 heteroatoms. The molecule has 0 aliphatic carbocycles. The average Bonchev–Trinajstić information content (AvgIpc) is 3.14. The zero-order valence-electron chi connectivity index (χ0n) is 18.0. The van der Waals surface area contributed by atoms with E-state index in [0.29, 0.717) is 49.9 Å². The van der Waals surface area contributed by atoms with Gasteiger partial charge >= 0.3 is 0 Å². The highest BCUT2D eigenvalue weighted by atomic mass is 35.5. The van der Waals surface area contributed by atoms with Crippen LogP contribution in [0.25, 0.3) is 0 Å². The molecule has 0 aromatic heterocycles. The van der Waals surface area contributed by atoms with E-state index in [9.17, 15) is 18.0 Å². The first kappa shape index (κ1) is 23.0. The van der Waals surface area contributed by atoms with Crippen molar-refractivity contribution in [3.05, 3.63) is 28.8 Å². The summed E-state index contributed by atoms with van der Waals surface area (Å²) < 4.78 is 29.0. The van der Waals surface area contributed by atoms with Crippen molar-refractivity contribution in [1.82, 2.24) is 14.8 Å².